The van der Waals surface area contributed by atoms with Gasteiger partial charge < -0.3 is 15.8 Å². The molecule has 1 aliphatic rings. The van der Waals surface area contributed by atoms with Crippen molar-refractivity contribution in [2.75, 3.05) is 0 Å². The van der Waals surface area contributed by atoms with Crippen LogP contribution in [-0.4, -0.2) is 18.1 Å². The summed E-state index contributed by atoms with van der Waals surface area (Å²) in [6.45, 7) is 1.90. The molecule has 20 heavy (non-hydrogen) atoms. The van der Waals surface area contributed by atoms with E-state index in [1.54, 1.807) is 13.0 Å². The Morgan fingerprint density at radius 3 is 2.80 bits per heavy atom. The minimum absolute atomic E-state index is 0.0799. The molecule has 1 amide bonds. The highest BCUT2D eigenvalue weighted by molar-refractivity contribution is 5.81. The summed E-state index contributed by atoms with van der Waals surface area (Å²) in [6.07, 6.45) is 3.61. The van der Waals surface area contributed by atoms with Crippen molar-refractivity contribution < 1.29 is 13.9 Å². The average Bonchev–Trinajstić information content (AvgIpc) is 2.93. The SMILES string of the molecule is CC(Oc1ccc(CN)cc1F)C(=O)NC1CCCC1. The van der Waals surface area contributed by atoms with Gasteiger partial charge in [0.25, 0.3) is 5.91 Å². The van der Waals surface area contributed by atoms with Gasteiger partial charge in [0.05, 0.1) is 0 Å². The van der Waals surface area contributed by atoms with Gasteiger partial charge in [-0.2, -0.15) is 0 Å². The van der Waals surface area contributed by atoms with E-state index in [1.165, 1.54) is 12.1 Å². The first-order valence-corrected chi connectivity index (χ1v) is 7.05. The van der Waals surface area contributed by atoms with Crippen LogP contribution in [0, 0.1) is 5.82 Å². The molecule has 0 saturated heterocycles. The lowest BCUT2D eigenvalue weighted by molar-refractivity contribution is -0.128. The summed E-state index contributed by atoms with van der Waals surface area (Å²) in [6, 6.07) is 4.77. The third-order valence-corrected chi connectivity index (χ3v) is 3.61. The fourth-order valence-electron chi connectivity index (χ4n) is 2.40. The number of carbonyl (C=O) groups excluding carboxylic acids is 1. The summed E-state index contributed by atoms with van der Waals surface area (Å²) in [5.74, 6) is -0.607. The predicted octanol–water partition coefficient (Wildman–Crippen LogP) is 2.11. The van der Waals surface area contributed by atoms with E-state index in [-0.39, 0.29) is 24.2 Å². The minimum atomic E-state index is -0.714. The number of carbonyl (C=O) groups is 1. The third-order valence-electron chi connectivity index (χ3n) is 3.61. The molecule has 2 rings (SSSR count). The van der Waals surface area contributed by atoms with Crippen LogP contribution in [-0.2, 0) is 11.3 Å². The van der Waals surface area contributed by atoms with Crippen molar-refractivity contribution in [3.63, 3.8) is 0 Å². The standard InChI is InChI=1S/C15H21FN2O2/c1-10(15(19)18-12-4-2-3-5-12)20-14-7-6-11(9-17)8-13(14)16/h6-8,10,12H,2-5,9,17H2,1H3,(H,18,19). The summed E-state index contributed by atoms with van der Waals surface area (Å²) in [4.78, 5) is 12.0. The zero-order chi connectivity index (χ0) is 14.5. The summed E-state index contributed by atoms with van der Waals surface area (Å²) in [7, 11) is 0. The number of amides is 1. The van der Waals surface area contributed by atoms with Gasteiger partial charge in [-0.25, -0.2) is 4.39 Å². The maximum absolute atomic E-state index is 13.8. The predicted molar refractivity (Wildman–Crippen MR) is 74.8 cm³/mol. The summed E-state index contributed by atoms with van der Waals surface area (Å²) >= 11 is 0. The summed E-state index contributed by atoms with van der Waals surface area (Å²) < 4.78 is 19.1. The number of hydrogen-bond donors (Lipinski definition) is 2. The van der Waals surface area contributed by atoms with E-state index in [2.05, 4.69) is 5.32 Å². The topological polar surface area (TPSA) is 64.3 Å². The van der Waals surface area contributed by atoms with Crippen LogP contribution in [0.4, 0.5) is 4.39 Å². The second kappa shape index (κ2) is 6.70. The number of hydrogen-bond acceptors (Lipinski definition) is 3. The molecule has 5 heteroatoms. The van der Waals surface area contributed by atoms with Crippen molar-refractivity contribution in [2.24, 2.45) is 5.73 Å². The number of benzene rings is 1. The highest BCUT2D eigenvalue weighted by Crippen LogP contribution is 2.21. The molecule has 4 nitrogen and oxygen atoms in total. The lowest BCUT2D eigenvalue weighted by Gasteiger charge is -2.18. The normalized spacial score (nSPS) is 16.9. The third kappa shape index (κ3) is 3.70. The van der Waals surface area contributed by atoms with Gasteiger partial charge in [-0.05, 0) is 37.5 Å². The van der Waals surface area contributed by atoms with Crippen molar-refractivity contribution in [1.82, 2.24) is 5.32 Å². The molecule has 0 bridgehead atoms. The second-order valence-electron chi connectivity index (χ2n) is 5.22. The Kier molecular flexibility index (Phi) is 4.95. The first-order chi connectivity index (χ1) is 9.60. The number of nitrogens with two attached hydrogens (primary N) is 1. The van der Waals surface area contributed by atoms with E-state index in [0.29, 0.717) is 5.56 Å². The van der Waals surface area contributed by atoms with E-state index < -0.39 is 11.9 Å². The molecule has 0 aromatic heterocycles. The molecule has 1 unspecified atom stereocenters. The van der Waals surface area contributed by atoms with Gasteiger partial charge in [0, 0.05) is 12.6 Å². The Morgan fingerprint density at radius 1 is 1.50 bits per heavy atom. The van der Waals surface area contributed by atoms with Crippen LogP contribution in [0.2, 0.25) is 0 Å². The van der Waals surface area contributed by atoms with E-state index in [0.717, 1.165) is 25.7 Å². The first kappa shape index (κ1) is 14.8. The molecular formula is C15H21FN2O2. The van der Waals surface area contributed by atoms with E-state index in [1.807, 2.05) is 0 Å². The molecule has 1 aromatic rings. The number of rotatable bonds is 5. The highest BCUT2D eigenvalue weighted by Gasteiger charge is 2.22. The van der Waals surface area contributed by atoms with Gasteiger partial charge in [-0.15, -0.1) is 0 Å². The van der Waals surface area contributed by atoms with Crippen molar-refractivity contribution in [3.05, 3.63) is 29.6 Å². The van der Waals surface area contributed by atoms with Gasteiger partial charge in [-0.1, -0.05) is 18.9 Å². The van der Waals surface area contributed by atoms with Crippen molar-refractivity contribution >= 4 is 5.91 Å². The monoisotopic (exact) mass is 280 g/mol. The maximum atomic E-state index is 13.8. The number of ether oxygens (including phenoxy) is 1. The molecule has 1 aliphatic carbocycles. The van der Waals surface area contributed by atoms with Gasteiger partial charge in [0.15, 0.2) is 17.7 Å². The molecule has 1 fully saturated rings. The van der Waals surface area contributed by atoms with Crippen LogP contribution in [0.5, 0.6) is 5.75 Å². The van der Waals surface area contributed by atoms with Crippen LogP contribution in [0.15, 0.2) is 18.2 Å². The van der Waals surface area contributed by atoms with E-state index in [9.17, 15) is 9.18 Å². The quantitative estimate of drug-likeness (QED) is 0.868. The summed E-state index contributed by atoms with van der Waals surface area (Å²) in [5, 5.41) is 2.93. The lowest BCUT2D eigenvalue weighted by atomic mass is 10.2. The molecular weight excluding hydrogens is 259 g/mol. The fourth-order valence-corrected chi connectivity index (χ4v) is 2.40. The van der Waals surface area contributed by atoms with E-state index in [4.69, 9.17) is 10.5 Å². The summed E-state index contributed by atoms with van der Waals surface area (Å²) in [5.41, 5.74) is 6.13. The zero-order valence-electron chi connectivity index (χ0n) is 11.7. The molecule has 1 aromatic carbocycles. The minimum Gasteiger partial charge on any atom is -0.478 e. The molecule has 0 spiro atoms. The van der Waals surface area contributed by atoms with Crippen LogP contribution in [0.1, 0.15) is 38.2 Å². The van der Waals surface area contributed by atoms with Gasteiger partial charge in [0.2, 0.25) is 0 Å². The Balaban J connectivity index is 1.92. The van der Waals surface area contributed by atoms with Crippen LogP contribution < -0.4 is 15.8 Å². The van der Waals surface area contributed by atoms with Crippen molar-refractivity contribution in [1.29, 1.82) is 0 Å². The molecule has 110 valence electrons. The Bertz CT molecular complexity index is 473. The lowest BCUT2D eigenvalue weighted by Crippen LogP contribution is -2.41. The van der Waals surface area contributed by atoms with E-state index >= 15 is 0 Å². The molecule has 1 saturated carbocycles. The Hall–Kier alpha value is -1.62. The van der Waals surface area contributed by atoms with Crippen molar-refractivity contribution in [3.8, 4) is 5.75 Å². The molecule has 0 radical (unpaired) electrons. The molecule has 1 atom stereocenters. The van der Waals surface area contributed by atoms with Gasteiger partial charge in [-0.3, -0.25) is 4.79 Å². The molecule has 0 aliphatic heterocycles. The maximum Gasteiger partial charge on any atom is 0.260 e. The van der Waals surface area contributed by atoms with Crippen LogP contribution >= 0.6 is 0 Å². The van der Waals surface area contributed by atoms with Crippen molar-refractivity contribution in [2.45, 2.75) is 51.3 Å². The largest absolute Gasteiger partial charge is 0.478 e. The first-order valence-electron chi connectivity index (χ1n) is 7.05. The van der Waals surface area contributed by atoms with Gasteiger partial charge >= 0.3 is 0 Å². The highest BCUT2D eigenvalue weighted by atomic mass is 19.1. The zero-order valence-corrected chi connectivity index (χ0v) is 11.7. The number of nitrogens with one attached hydrogen (secondary N) is 1. The van der Waals surface area contributed by atoms with Crippen LogP contribution in [0.3, 0.4) is 0 Å². The smallest absolute Gasteiger partial charge is 0.260 e. The molecule has 0 heterocycles. The Labute approximate surface area is 118 Å². The van der Waals surface area contributed by atoms with Crippen LogP contribution in [0.25, 0.3) is 0 Å². The Morgan fingerprint density at radius 2 is 2.20 bits per heavy atom. The van der Waals surface area contributed by atoms with Gasteiger partial charge in [0.1, 0.15) is 0 Å². The average molecular weight is 280 g/mol. The second-order valence-corrected chi connectivity index (χ2v) is 5.22. The number of halogens is 1. The molecule has 3 N–H and O–H groups in total. The fraction of sp³-hybridized carbons (Fsp3) is 0.533.